The van der Waals surface area contributed by atoms with Gasteiger partial charge in [0.05, 0.1) is 16.7 Å². The maximum atomic E-state index is 12.5. The summed E-state index contributed by atoms with van der Waals surface area (Å²) in [6.07, 6.45) is 2.68. The maximum absolute atomic E-state index is 12.5. The fourth-order valence-electron chi connectivity index (χ4n) is 2.07. The molecule has 6 nitrogen and oxygen atoms in total. The number of hydrogen-bond donors (Lipinski definition) is 2. The number of halogens is 1. The van der Waals surface area contributed by atoms with Crippen molar-refractivity contribution < 1.29 is 17.6 Å². The molecule has 2 N–H and O–H groups in total. The molecule has 0 saturated heterocycles. The van der Waals surface area contributed by atoms with Gasteiger partial charge in [-0.25, -0.2) is 8.42 Å². The second kappa shape index (κ2) is 7.00. The smallest absolute Gasteiger partial charge is 0.261 e. The molecule has 0 radical (unpaired) electrons. The molecule has 0 fully saturated rings. The molecule has 0 atom stereocenters. The first-order valence-corrected chi connectivity index (χ1v) is 9.02. The summed E-state index contributed by atoms with van der Waals surface area (Å²) in [6, 6.07) is 13.7. The molecule has 25 heavy (non-hydrogen) atoms. The van der Waals surface area contributed by atoms with E-state index in [1.165, 1.54) is 30.7 Å². The minimum absolute atomic E-state index is 0.0208. The van der Waals surface area contributed by atoms with Crippen molar-refractivity contribution in [2.45, 2.75) is 4.90 Å². The molecule has 0 aliphatic heterocycles. The van der Waals surface area contributed by atoms with Gasteiger partial charge in [-0.3, -0.25) is 9.52 Å². The predicted molar refractivity (Wildman–Crippen MR) is 95.4 cm³/mol. The van der Waals surface area contributed by atoms with Crippen molar-refractivity contribution >= 4 is 38.9 Å². The van der Waals surface area contributed by atoms with Crippen LogP contribution in [0.25, 0.3) is 0 Å². The van der Waals surface area contributed by atoms with E-state index in [1.54, 1.807) is 36.4 Å². The highest BCUT2D eigenvalue weighted by Gasteiger charge is 2.15. The lowest BCUT2D eigenvalue weighted by Crippen LogP contribution is -2.14. The Balaban J connectivity index is 1.80. The van der Waals surface area contributed by atoms with Gasteiger partial charge < -0.3 is 9.73 Å². The van der Waals surface area contributed by atoms with Crippen molar-refractivity contribution in [3.05, 3.63) is 77.7 Å². The number of carbonyl (C=O) groups excluding carboxylic acids is 1. The van der Waals surface area contributed by atoms with Gasteiger partial charge >= 0.3 is 0 Å². The Morgan fingerprint density at radius 1 is 1.00 bits per heavy atom. The van der Waals surface area contributed by atoms with Crippen LogP contribution in [0.15, 0.2) is 76.4 Å². The van der Waals surface area contributed by atoms with Gasteiger partial charge in [-0.15, -0.1) is 0 Å². The average molecular weight is 377 g/mol. The zero-order valence-electron chi connectivity index (χ0n) is 12.8. The SMILES string of the molecule is O=C(Nc1cccc(S(=O)(=O)Nc2ccc(Cl)cc2)c1)c1ccoc1. The van der Waals surface area contributed by atoms with Crippen LogP contribution in [0.2, 0.25) is 5.02 Å². The Morgan fingerprint density at radius 3 is 2.44 bits per heavy atom. The highest BCUT2D eigenvalue weighted by Crippen LogP contribution is 2.21. The zero-order valence-corrected chi connectivity index (χ0v) is 14.3. The van der Waals surface area contributed by atoms with E-state index in [-0.39, 0.29) is 4.90 Å². The zero-order chi connectivity index (χ0) is 17.9. The quantitative estimate of drug-likeness (QED) is 0.704. The summed E-state index contributed by atoms with van der Waals surface area (Å²) in [5.41, 5.74) is 1.08. The van der Waals surface area contributed by atoms with Crippen molar-refractivity contribution in [2.75, 3.05) is 10.0 Å². The molecule has 0 aliphatic rings. The van der Waals surface area contributed by atoms with Crippen LogP contribution in [0.1, 0.15) is 10.4 Å². The molecule has 0 spiro atoms. The Bertz CT molecular complexity index is 984. The van der Waals surface area contributed by atoms with Gasteiger partial charge in [-0.05, 0) is 48.5 Å². The van der Waals surface area contributed by atoms with Crippen LogP contribution >= 0.6 is 11.6 Å². The number of furan rings is 1. The van der Waals surface area contributed by atoms with E-state index in [2.05, 4.69) is 10.0 Å². The summed E-state index contributed by atoms with van der Waals surface area (Å²) in [5.74, 6) is -0.394. The lowest BCUT2D eigenvalue weighted by Gasteiger charge is -2.10. The molecular weight excluding hydrogens is 364 g/mol. The van der Waals surface area contributed by atoms with Gasteiger partial charge in [-0.2, -0.15) is 0 Å². The lowest BCUT2D eigenvalue weighted by molar-refractivity contribution is 0.102. The van der Waals surface area contributed by atoms with Crippen LogP contribution in [0.4, 0.5) is 11.4 Å². The molecule has 1 amide bonds. The Morgan fingerprint density at radius 2 is 1.76 bits per heavy atom. The van der Waals surface area contributed by atoms with E-state index in [4.69, 9.17) is 16.0 Å². The van der Waals surface area contributed by atoms with Gasteiger partial charge in [0.1, 0.15) is 6.26 Å². The second-order valence-electron chi connectivity index (χ2n) is 5.11. The van der Waals surface area contributed by atoms with Crippen molar-refractivity contribution in [1.82, 2.24) is 0 Å². The highest BCUT2D eigenvalue weighted by molar-refractivity contribution is 7.92. The number of amides is 1. The minimum atomic E-state index is -3.80. The largest absolute Gasteiger partial charge is 0.472 e. The third-order valence-corrected chi connectivity index (χ3v) is 4.91. The standard InChI is InChI=1S/C17H13ClN2O4S/c18-13-4-6-14(7-5-13)20-25(22,23)16-3-1-2-15(10-16)19-17(21)12-8-9-24-11-12/h1-11,20H,(H,19,21). The number of hydrogen-bond acceptors (Lipinski definition) is 4. The molecule has 2 aromatic carbocycles. The molecular formula is C17H13ClN2O4S. The van der Waals surface area contributed by atoms with Crippen LogP contribution in [-0.4, -0.2) is 14.3 Å². The summed E-state index contributed by atoms with van der Waals surface area (Å²) in [7, 11) is -3.80. The minimum Gasteiger partial charge on any atom is -0.472 e. The molecule has 3 aromatic rings. The number of carbonyl (C=O) groups is 1. The average Bonchev–Trinajstić information content (AvgIpc) is 3.12. The van der Waals surface area contributed by atoms with Gasteiger partial charge in [0.25, 0.3) is 15.9 Å². The highest BCUT2D eigenvalue weighted by atomic mass is 35.5. The van der Waals surface area contributed by atoms with E-state index < -0.39 is 15.9 Å². The van der Waals surface area contributed by atoms with Crippen LogP contribution < -0.4 is 10.0 Å². The van der Waals surface area contributed by atoms with E-state index in [1.807, 2.05) is 0 Å². The summed E-state index contributed by atoms with van der Waals surface area (Å²) >= 11 is 5.79. The molecule has 1 aromatic heterocycles. The molecule has 0 saturated carbocycles. The molecule has 128 valence electrons. The third-order valence-electron chi connectivity index (χ3n) is 3.28. The summed E-state index contributed by atoms with van der Waals surface area (Å²) in [4.78, 5) is 12.0. The Labute approximate surface area is 149 Å². The molecule has 1 heterocycles. The molecule has 0 aliphatic carbocycles. The first kappa shape index (κ1) is 17.1. The molecule has 0 bridgehead atoms. The number of nitrogens with one attached hydrogen (secondary N) is 2. The van der Waals surface area contributed by atoms with Crippen LogP contribution in [0.3, 0.4) is 0 Å². The number of sulfonamides is 1. The predicted octanol–water partition coefficient (Wildman–Crippen LogP) is 3.99. The summed E-state index contributed by atoms with van der Waals surface area (Å²) in [6.45, 7) is 0. The van der Waals surface area contributed by atoms with Crippen molar-refractivity contribution in [3.63, 3.8) is 0 Å². The lowest BCUT2D eigenvalue weighted by atomic mass is 10.3. The Kier molecular flexibility index (Phi) is 4.78. The second-order valence-corrected chi connectivity index (χ2v) is 7.23. The van der Waals surface area contributed by atoms with Crippen molar-refractivity contribution in [3.8, 4) is 0 Å². The number of anilines is 2. The van der Waals surface area contributed by atoms with E-state index >= 15 is 0 Å². The fourth-order valence-corrected chi connectivity index (χ4v) is 3.30. The first-order valence-electron chi connectivity index (χ1n) is 7.16. The molecule has 3 rings (SSSR count). The van der Waals surface area contributed by atoms with Gasteiger partial charge in [0, 0.05) is 16.4 Å². The van der Waals surface area contributed by atoms with E-state index in [0.717, 1.165) is 0 Å². The van der Waals surface area contributed by atoms with Crippen molar-refractivity contribution in [1.29, 1.82) is 0 Å². The first-order chi connectivity index (χ1) is 11.9. The van der Waals surface area contributed by atoms with Gasteiger partial charge in [0.15, 0.2) is 0 Å². The molecule has 0 unspecified atom stereocenters. The monoisotopic (exact) mass is 376 g/mol. The van der Waals surface area contributed by atoms with Crippen molar-refractivity contribution in [2.24, 2.45) is 0 Å². The normalized spacial score (nSPS) is 11.1. The van der Waals surface area contributed by atoms with E-state index in [9.17, 15) is 13.2 Å². The molecule has 8 heteroatoms. The van der Waals surface area contributed by atoms with E-state index in [0.29, 0.717) is 22.0 Å². The van der Waals surface area contributed by atoms with Crippen LogP contribution in [0.5, 0.6) is 0 Å². The van der Waals surface area contributed by atoms with Gasteiger partial charge in [0.2, 0.25) is 0 Å². The Hall–Kier alpha value is -2.77. The summed E-state index contributed by atoms with van der Waals surface area (Å²) < 4.78 is 32.3. The van der Waals surface area contributed by atoms with Crippen LogP contribution in [-0.2, 0) is 10.0 Å². The number of benzene rings is 2. The van der Waals surface area contributed by atoms with Gasteiger partial charge in [-0.1, -0.05) is 17.7 Å². The van der Waals surface area contributed by atoms with Crippen LogP contribution in [0, 0.1) is 0 Å². The fraction of sp³-hybridized carbons (Fsp3) is 0. The maximum Gasteiger partial charge on any atom is 0.261 e. The number of rotatable bonds is 5. The summed E-state index contributed by atoms with van der Waals surface area (Å²) in [5, 5.41) is 3.13. The topological polar surface area (TPSA) is 88.4 Å². The third kappa shape index (κ3) is 4.20.